The smallest absolute Gasteiger partial charge is 0.243 e. The lowest BCUT2D eigenvalue weighted by Crippen LogP contribution is -2.57. The minimum atomic E-state index is -0.482. The number of ether oxygens (including phenoxy) is 2. The number of nitrogens with zero attached hydrogens (tertiary/aromatic N) is 2. The molecule has 2 rings (SSSR count). The van der Waals surface area contributed by atoms with Crippen molar-refractivity contribution in [3.8, 4) is 11.5 Å². The summed E-state index contributed by atoms with van der Waals surface area (Å²) in [6, 6.07) is 1.20. The Morgan fingerprint density at radius 1 is 1.38 bits per heavy atom. The van der Waals surface area contributed by atoms with E-state index in [0.29, 0.717) is 23.6 Å². The maximum Gasteiger partial charge on any atom is 0.243 e. The fraction of sp³-hybridized carbons (Fsp3) is 0.500. The van der Waals surface area contributed by atoms with Gasteiger partial charge in [0.1, 0.15) is 11.7 Å². The molecule has 0 spiro atoms. The molecule has 1 aromatic heterocycles. The molecule has 1 aromatic rings. The number of methoxy groups -OCH3 is 2. The molecular weight excluding hydrogens is 274 g/mol. The van der Waals surface area contributed by atoms with E-state index in [9.17, 15) is 9.59 Å². The van der Waals surface area contributed by atoms with Crippen LogP contribution in [0.1, 0.15) is 19.0 Å². The van der Waals surface area contributed by atoms with Crippen molar-refractivity contribution in [1.82, 2.24) is 15.2 Å². The van der Waals surface area contributed by atoms with Crippen LogP contribution in [0.4, 0.5) is 0 Å². The van der Waals surface area contributed by atoms with Gasteiger partial charge < -0.3 is 19.7 Å². The molecule has 1 aliphatic rings. The average molecular weight is 293 g/mol. The number of nitrogens with one attached hydrogen (secondary N) is 1. The summed E-state index contributed by atoms with van der Waals surface area (Å²) in [6.07, 6.45) is 2.13. The zero-order chi connectivity index (χ0) is 15.4. The van der Waals surface area contributed by atoms with Crippen molar-refractivity contribution in [3.63, 3.8) is 0 Å². The summed E-state index contributed by atoms with van der Waals surface area (Å²) in [5.74, 6) is 0.755. The van der Waals surface area contributed by atoms with Gasteiger partial charge in [-0.1, -0.05) is 6.92 Å². The molecule has 0 aliphatic carbocycles. The molecule has 1 atom stereocenters. The second kappa shape index (κ2) is 6.43. The normalized spacial score (nSPS) is 18.4. The van der Waals surface area contributed by atoms with Crippen LogP contribution in [0.5, 0.6) is 11.5 Å². The number of aromatic nitrogens is 1. The maximum atomic E-state index is 12.1. The molecular formula is C14H19N3O4. The van der Waals surface area contributed by atoms with E-state index in [4.69, 9.17) is 9.47 Å². The van der Waals surface area contributed by atoms with Crippen LogP contribution < -0.4 is 14.8 Å². The van der Waals surface area contributed by atoms with Crippen molar-refractivity contribution in [3.05, 3.63) is 18.0 Å². The molecule has 21 heavy (non-hydrogen) atoms. The lowest BCUT2D eigenvalue weighted by Gasteiger charge is -2.34. The van der Waals surface area contributed by atoms with Gasteiger partial charge in [-0.25, -0.2) is 0 Å². The summed E-state index contributed by atoms with van der Waals surface area (Å²) in [5, 5.41) is 2.59. The average Bonchev–Trinajstić information content (AvgIpc) is 2.50. The van der Waals surface area contributed by atoms with E-state index in [-0.39, 0.29) is 24.9 Å². The van der Waals surface area contributed by atoms with Crippen LogP contribution in [0.25, 0.3) is 0 Å². The highest BCUT2D eigenvalue weighted by molar-refractivity contribution is 5.94. The predicted molar refractivity (Wildman–Crippen MR) is 75.0 cm³/mol. The zero-order valence-electron chi connectivity index (χ0n) is 12.4. The van der Waals surface area contributed by atoms with Gasteiger partial charge in [-0.15, -0.1) is 0 Å². The van der Waals surface area contributed by atoms with Gasteiger partial charge in [0, 0.05) is 12.3 Å². The molecule has 0 bridgehead atoms. The minimum Gasteiger partial charge on any atom is -0.493 e. The molecule has 1 fully saturated rings. The van der Waals surface area contributed by atoms with Crippen molar-refractivity contribution < 1.29 is 19.1 Å². The third-order valence-electron chi connectivity index (χ3n) is 3.49. The molecule has 0 radical (unpaired) electrons. The summed E-state index contributed by atoms with van der Waals surface area (Å²) < 4.78 is 10.5. The molecule has 2 amide bonds. The number of carbonyl (C=O) groups excluding carboxylic acids is 2. The Kier molecular flexibility index (Phi) is 4.62. The Morgan fingerprint density at radius 2 is 2.14 bits per heavy atom. The molecule has 7 heteroatoms. The van der Waals surface area contributed by atoms with Crippen LogP contribution >= 0.6 is 0 Å². The highest BCUT2D eigenvalue weighted by atomic mass is 16.5. The van der Waals surface area contributed by atoms with Crippen LogP contribution in [-0.2, 0) is 16.1 Å². The molecule has 0 saturated carbocycles. The van der Waals surface area contributed by atoms with E-state index in [1.807, 2.05) is 6.92 Å². The van der Waals surface area contributed by atoms with Gasteiger partial charge in [-0.3, -0.25) is 14.6 Å². The van der Waals surface area contributed by atoms with E-state index in [0.717, 1.165) is 0 Å². The highest BCUT2D eigenvalue weighted by Gasteiger charge is 2.34. The Bertz CT molecular complexity index is 547. The SMILES string of the molecule is CCC1C(=O)NCC(=O)N1Cc1nccc(OC)c1OC. The quantitative estimate of drug-likeness (QED) is 0.846. The highest BCUT2D eigenvalue weighted by Crippen LogP contribution is 2.30. The van der Waals surface area contributed by atoms with Crippen LogP contribution in [-0.4, -0.2) is 48.5 Å². The number of amides is 2. The van der Waals surface area contributed by atoms with Crippen molar-refractivity contribution in [2.45, 2.75) is 25.9 Å². The fourth-order valence-corrected chi connectivity index (χ4v) is 2.43. The van der Waals surface area contributed by atoms with Gasteiger partial charge in [-0.2, -0.15) is 0 Å². The zero-order valence-corrected chi connectivity index (χ0v) is 12.4. The van der Waals surface area contributed by atoms with Crippen LogP contribution in [0, 0.1) is 0 Å². The van der Waals surface area contributed by atoms with E-state index in [1.54, 1.807) is 12.3 Å². The first-order chi connectivity index (χ1) is 10.1. The molecule has 0 aromatic carbocycles. The Balaban J connectivity index is 2.31. The summed E-state index contributed by atoms with van der Waals surface area (Å²) in [7, 11) is 3.06. The van der Waals surface area contributed by atoms with E-state index in [1.165, 1.54) is 19.1 Å². The van der Waals surface area contributed by atoms with Crippen molar-refractivity contribution in [2.24, 2.45) is 0 Å². The largest absolute Gasteiger partial charge is 0.493 e. The van der Waals surface area contributed by atoms with Crippen molar-refractivity contribution in [1.29, 1.82) is 0 Å². The summed E-state index contributed by atoms with van der Waals surface area (Å²) in [6.45, 7) is 2.10. The number of rotatable bonds is 5. The molecule has 1 N–H and O–H groups in total. The number of hydrogen-bond acceptors (Lipinski definition) is 5. The summed E-state index contributed by atoms with van der Waals surface area (Å²) >= 11 is 0. The first kappa shape index (κ1) is 15.1. The Labute approximate surface area is 123 Å². The van der Waals surface area contributed by atoms with Crippen LogP contribution in [0.15, 0.2) is 12.3 Å². The van der Waals surface area contributed by atoms with Gasteiger partial charge in [0.05, 0.1) is 27.3 Å². The van der Waals surface area contributed by atoms with Gasteiger partial charge >= 0.3 is 0 Å². The van der Waals surface area contributed by atoms with Crippen LogP contribution in [0.3, 0.4) is 0 Å². The van der Waals surface area contributed by atoms with Gasteiger partial charge in [-0.05, 0) is 6.42 Å². The maximum absolute atomic E-state index is 12.1. The number of carbonyl (C=O) groups is 2. The molecule has 7 nitrogen and oxygen atoms in total. The van der Waals surface area contributed by atoms with Gasteiger partial charge in [0.15, 0.2) is 11.5 Å². The van der Waals surface area contributed by atoms with E-state index < -0.39 is 6.04 Å². The fourth-order valence-electron chi connectivity index (χ4n) is 2.43. The lowest BCUT2D eigenvalue weighted by atomic mass is 10.1. The number of pyridine rings is 1. The second-order valence-corrected chi connectivity index (χ2v) is 4.66. The molecule has 1 saturated heterocycles. The van der Waals surface area contributed by atoms with E-state index in [2.05, 4.69) is 10.3 Å². The molecule has 114 valence electrons. The summed E-state index contributed by atoms with van der Waals surface area (Å²) in [4.78, 5) is 29.7. The van der Waals surface area contributed by atoms with Gasteiger partial charge in [0.25, 0.3) is 0 Å². The first-order valence-corrected chi connectivity index (χ1v) is 6.75. The Morgan fingerprint density at radius 3 is 2.76 bits per heavy atom. The standard InChI is InChI=1S/C14H19N3O4/c1-4-10-14(19)16-7-12(18)17(10)8-9-13(21-3)11(20-2)5-6-15-9/h5-6,10H,4,7-8H2,1-3H3,(H,16,19). The van der Waals surface area contributed by atoms with Crippen molar-refractivity contribution in [2.75, 3.05) is 20.8 Å². The topological polar surface area (TPSA) is 80.8 Å². The number of piperazine rings is 1. The minimum absolute atomic E-state index is 0.0155. The lowest BCUT2D eigenvalue weighted by molar-refractivity contribution is -0.146. The monoisotopic (exact) mass is 293 g/mol. The molecule has 1 aliphatic heterocycles. The van der Waals surface area contributed by atoms with Gasteiger partial charge in [0.2, 0.25) is 11.8 Å². The summed E-state index contributed by atoms with van der Waals surface area (Å²) in [5.41, 5.74) is 0.568. The number of hydrogen-bond donors (Lipinski definition) is 1. The third kappa shape index (κ3) is 2.91. The van der Waals surface area contributed by atoms with E-state index >= 15 is 0 Å². The predicted octanol–water partition coefficient (Wildman–Crippen LogP) is 0.336. The Hall–Kier alpha value is -2.31. The van der Waals surface area contributed by atoms with Crippen LogP contribution in [0.2, 0.25) is 0 Å². The first-order valence-electron chi connectivity index (χ1n) is 6.75. The molecule has 1 unspecified atom stereocenters. The molecule has 2 heterocycles. The van der Waals surface area contributed by atoms with Crippen molar-refractivity contribution >= 4 is 11.8 Å². The third-order valence-corrected chi connectivity index (χ3v) is 3.49. The second-order valence-electron chi connectivity index (χ2n) is 4.66.